The first-order chi connectivity index (χ1) is 12.4. The van der Waals surface area contributed by atoms with Crippen molar-refractivity contribution in [3.05, 3.63) is 69.2 Å². The van der Waals surface area contributed by atoms with Crippen LogP contribution in [0.2, 0.25) is 10.0 Å². The van der Waals surface area contributed by atoms with Crippen molar-refractivity contribution in [3.63, 3.8) is 0 Å². The number of esters is 1. The molecule has 0 bridgehead atoms. The molecule has 4 nitrogen and oxygen atoms in total. The van der Waals surface area contributed by atoms with Crippen LogP contribution in [0.1, 0.15) is 36.1 Å². The Morgan fingerprint density at radius 2 is 1.69 bits per heavy atom. The minimum Gasteiger partial charge on any atom is -0.455 e. The molecule has 138 valence electrons. The third kappa shape index (κ3) is 5.75. The highest BCUT2D eigenvalue weighted by Gasteiger charge is 2.16. The van der Waals surface area contributed by atoms with Crippen molar-refractivity contribution in [1.82, 2.24) is 5.32 Å². The van der Waals surface area contributed by atoms with Crippen LogP contribution < -0.4 is 5.32 Å². The summed E-state index contributed by atoms with van der Waals surface area (Å²) >= 11 is 12.1. The van der Waals surface area contributed by atoms with Gasteiger partial charge in [0.1, 0.15) is 0 Å². The first-order valence-corrected chi connectivity index (χ1v) is 9.10. The lowest BCUT2D eigenvalue weighted by Crippen LogP contribution is -2.32. The van der Waals surface area contributed by atoms with Crippen LogP contribution in [-0.4, -0.2) is 18.5 Å². The lowest BCUT2D eigenvalue weighted by atomic mass is 10.0. The molecule has 0 heterocycles. The molecule has 0 aliphatic rings. The standard InChI is InChI=1S/C20H21Cl2NO3/c1-3-18(14-9-7-13(2)8-10-14)23-19(24)12-26-20(25)11-15-16(21)5-4-6-17(15)22/h4-10,18H,3,11-12H2,1-2H3,(H,23,24)/t18-/m0/s1. The van der Waals surface area contributed by atoms with E-state index in [1.54, 1.807) is 18.2 Å². The highest BCUT2D eigenvalue weighted by Crippen LogP contribution is 2.25. The number of amides is 1. The Kier molecular flexibility index (Phi) is 7.49. The monoisotopic (exact) mass is 393 g/mol. The molecule has 2 aromatic rings. The van der Waals surface area contributed by atoms with Gasteiger partial charge >= 0.3 is 5.97 Å². The molecule has 2 rings (SSSR count). The van der Waals surface area contributed by atoms with E-state index in [2.05, 4.69) is 5.32 Å². The molecular weight excluding hydrogens is 373 g/mol. The Labute approximate surface area is 163 Å². The number of hydrogen-bond acceptors (Lipinski definition) is 3. The van der Waals surface area contributed by atoms with Crippen LogP contribution >= 0.6 is 23.2 Å². The van der Waals surface area contributed by atoms with Crippen molar-refractivity contribution in [3.8, 4) is 0 Å². The predicted molar refractivity (Wildman–Crippen MR) is 103 cm³/mol. The number of aryl methyl sites for hydroxylation is 1. The number of ether oxygens (including phenoxy) is 1. The van der Waals surface area contributed by atoms with E-state index in [0.717, 1.165) is 17.5 Å². The second-order valence-corrected chi connectivity index (χ2v) is 6.79. The van der Waals surface area contributed by atoms with Crippen LogP contribution in [0.3, 0.4) is 0 Å². The van der Waals surface area contributed by atoms with E-state index < -0.39 is 5.97 Å². The summed E-state index contributed by atoms with van der Waals surface area (Å²) in [7, 11) is 0. The van der Waals surface area contributed by atoms with Crippen molar-refractivity contribution >= 4 is 35.1 Å². The average molecular weight is 394 g/mol. The second-order valence-electron chi connectivity index (χ2n) is 5.98. The fourth-order valence-corrected chi connectivity index (χ4v) is 3.03. The van der Waals surface area contributed by atoms with E-state index in [4.69, 9.17) is 27.9 Å². The molecule has 26 heavy (non-hydrogen) atoms. The van der Waals surface area contributed by atoms with Crippen LogP contribution in [0.5, 0.6) is 0 Å². The normalized spacial score (nSPS) is 11.7. The average Bonchev–Trinajstić information content (AvgIpc) is 2.62. The Morgan fingerprint density at radius 1 is 1.08 bits per heavy atom. The summed E-state index contributed by atoms with van der Waals surface area (Å²) in [5.74, 6) is -0.908. The van der Waals surface area contributed by atoms with Crippen LogP contribution in [-0.2, 0) is 20.7 Å². The van der Waals surface area contributed by atoms with Crippen LogP contribution in [0, 0.1) is 6.92 Å². The van der Waals surface area contributed by atoms with Gasteiger partial charge in [0.25, 0.3) is 5.91 Å². The summed E-state index contributed by atoms with van der Waals surface area (Å²) in [6.07, 6.45) is 0.652. The Balaban J connectivity index is 1.87. The Morgan fingerprint density at radius 3 is 2.27 bits per heavy atom. The first-order valence-electron chi connectivity index (χ1n) is 8.35. The Bertz CT molecular complexity index is 755. The number of halogens is 2. The van der Waals surface area contributed by atoms with Gasteiger partial charge in [0.2, 0.25) is 0 Å². The lowest BCUT2D eigenvalue weighted by Gasteiger charge is -2.17. The minimum absolute atomic E-state index is 0.0824. The summed E-state index contributed by atoms with van der Waals surface area (Å²) in [5, 5.41) is 3.66. The van der Waals surface area contributed by atoms with Gasteiger partial charge in [0.05, 0.1) is 12.5 Å². The number of nitrogens with one attached hydrogen (secondary N) is 1. The summed E-state index contributed by atoms with van der Waals surface area (Å²) in [5.41, 5.74) is 2.66. The quantitative estimate of drug-likeness (QED) is 0.696. The summed E-state index contributed by atoms with van der Waals surface area (Å²) < 4.78 is 5.05. The second kappa shape index (κ2) is 9.60. The van der Waals surface area contributed by atoms with Gasteiger partial charge in [-0.1, -0.05) is 66.0 Å². The zero-order valence-electron chi connectivity index (χ0n) is 14.7. The van der Waals surface area contributed by atoms with E-state index in [1.165, 1.54) is 0 Å². The predicted octanol–water partition coefficient (Wildman–Crippen LogP) is 4.66. The summed E-state index contributed by atoms with van der Waals surface area (Å²) in [6.45, 7) is 3.65. The molecule has 1 N–H and O–H groups in total. The highest BCUT2D eigenvalue weighted by molar-refractivity contribution is 6.36. The SMILES string of the molecule is CC[C@H](NC(=O)COC(=O)Cc1c(Cl)cccc1Cl)c1ccc(C)cc1. The van der Waals surface area contributed by atoms with Gasteiger partial charge in [-0.05, 0) is 31.0 Å². The number of rotatable bonds is 7. The van der Waals surface area contributed by atoms with Gasteiger partial charge in [-0.25, -0.2) is 0 Å². The summed E-state index contributed by atoms with van der Waals surface area (Å²) in [4.78, 5) is 24.1. The maximum Gasteiger partial charge on any atom is 0.310 e. The molecule has 1 atom stereocenters. The van der Waals surface area contributed by atoms with Gasteiger partial charge < -0.3 is 10.1 Å². The van der Waals surface area contributed by atoms with E-state index in [9.17, 15) is 9.59 Å². The number of benzene rings is 2. The smallest absolute Gasteiger partial charge is 0.310 e. The molecule has 0 spiro atoms. The molecule has 0 unspecified atom stereocenters. The molecule has 0 aromatic heterocycles. The number of hydrogen-bond donors (Lipinski definition) is 1. The Hall–Kier alpha value is -2.04. The number of carbonyl (C=O) groups excluding carboxylic acids is 2. The molecule has 0 aliphatic heterocycles. The molecule has 6 heteroatoms. The first kappa shape index (κ1) is 20.3. The van der Waals surface area contributed by atoms with Gasteiger partial charge in [-0.3, -0.25) is 9.59 Å². The van der Waals surface area contributed by atoms with Gasteiger partial charge in [-0.2, -0.15) is 0 Å². The molecule has 1 amide bonds. The van der Waals surface area contributed by atoms with Crippen molar-refractivity contribution in [2.45, 2.75) is 32.7 Å². The zero-order chi connectivity index (χ0) is 19.1. The molecule has 0 saturated heterocycles. The highest BCUT2D eigenvalue weighted by atomic mass is 35.5. The van der Waals surface area contributed by atoms with Gasteiger partial charge in [0.15, 0.2) is 6.61 Å². The van der Waals surface area contributed by atoms with Crippen molar-refractivity contribution < 1.29 is 14.3 Å². The third-order valence-corrected chi connectivity index (χ3v) is 4.68. The van der Waals surface area contributed by atoms with E-state index in [-0.39, 0.29) is 25.0 Å². The van der Waals surface area contributed by atoms with Gasteiger partial charge in [0, 0.05) is 15.6 Å². The van der Waals surface area contributed by atoms with Crippen molar-refractivity contribution in [1.29, 1.82) is 0 Å². The molecule has 0 radical (unpaired) electrons. The van der Waals surface area contributed by atoms with Crippen molar-refractivity contribution in [2.24, 2.45) is 0 Å². The minimum atomic E-state index is -0.557. The third-order valence-electron chi connectivity index (χ3n) is 3.97. The molecule has 2 aromatic carbocycles. The van der Waals surface area contributed by atoms with E-state index >= 15 is 0 Å². The molecule has 0 aliphatic carbocycles. The molecule has 0 saturated carbocycles. The maximum atomic E-state index is 12.1. The van der Waals surface area contributed by atoms with Gasteiger partial charge in [-0.15, -0.1) is 0 Å². The number of carbonyl (C=O) groups is 2. The molecule has 0 fully saturated rings. The molecular formula is C20H21Cl2NO3. The van der Waals surface area contributed by atoms with Crippen LogP contribution in [0.4, 0.5) is 0 Å². The fourth-order valence-electron chi connectivity index (χ4n) is 2.50. The van der Waals surface area contributed by atoms with Crippen LogP contribution in [0.25, 0.3) is 0 Å². The largest absolute Gasteiger partial charge is 0.455 e. The maximum absolute atomic E-state index is 12.1. The topological polar surface area (TPSA) is 55.4 Å². The van der Waals surface area contributed by atoms with E-state index in [1.807, 2.05) is 38.1 Å². The fraction of sp³-hybridized carbons (Fsp3) is 0.300. The van der Waals surface area contributed by atoms with E-state index in [0.29, 0.717) is 15.6 Å². The van der Waals surface area contributed by atoms with Crippen molar-refractivity contribution in [2.75, 3.05) is 6.61 Å². The summed E-state index contributed by atoms with van der Waals surface area (Å²) in [6, 6.07) is 12.8. The van der Waals surface area contributed by atoms with Crippen LogP contribution in [0.15, 0.2) is 42.5 Å². The zero-order valence-corrected chi connectivity index (χ0v) is 16.2. The lowest BCUT2D eigenvalue weighted by molar-refractivity contribution is -0.148.